The average molecular weight is 186 g/mol. The second-order valence-electron chi connectivity index (χ2n) is 3.79. The van der Waals surface area contributed by atoms with Crippen molar-refractivity contribution in [2.24, 2.45) is 0 Å². The average Bonchev–Trinajstić information content (AvgIpc) is 2.50. The fourth-order valence-corrected chi connectivity index (χ4v) is 1.67. The summed E-state index contributed by atoms with van der Waals surface area (Å²) in [6, 6.07) is 6.45. The number of H-pyrrole nitrogens is 1. The van der Waals surface area contributed by atoms with E-state index < -0.39 is 0 Å². The molecule has 0 spiro atoms. The molecule has 2 nitrogen and oxygen atoms in total. The van der Waals surface area contributed by atoms with E-state index in [0.29, 0.717) is 0 Å². The molecule has 0 atom stereocenters. The number of aromatic nitrogens is 2. The largest absolute Gasteiger partial charge is 0.342 e. The van der Waals surface area contributed by atoms with Gasteiger partial charge in [0, 0.05) is 17.5 Å². The quantitative estimate of drug-likeness (QED) is 0.728. The van der Waals surface area contributed by atoms with Crippen molar-refractivity contribution in [3.05, 3.63) is 41.2 Å². The van der Waals surface area contributed by atoms with Crippen LogP contribution in [0.3, 0.4) is 0 Å². The summed E-state index contributed by atoms with van der Waals surface area (Å²) in [6.07, 6.45) is 1.85. The van der Waals surface area contributed by atoms with Crippen molar-refractivity contribution in [1.29, 1.82) is 0 Å². The van der Waals surface area contributed by atoms with Crippen molar-refractivity contribution in [2.45, 2.75) is 20.8 Å². The Morgan fingerprint density at radius 1 is 1.00 bits per heavy atom. The van der Waals surface area contributed by atoms with E-state index in [0.717, 1.165) is 17.1 Å². The van der Waals surface area contributed by atoms with Crippen molar-refractivity contribution < 1.29 is 0 Å². The Morgan fingerprint density at radius 2 is 1.64 bits per heavy atom. The number of nitrogens with zero attached hydrogens (tertiary/aromatic N) is 1. The summed E-state index contributed by atoms with van der Waals surface area (Å²) in [6.45, 7) is 6.22. The fourth-order valence-electron chi connectivity index (χ4n) is 1.67. The van der Waals surface area contributed by atoms with E-state index in [4.69, 9.17) is 0 Å². The summed E-state index contributed by atoms with van der Waals surface area (Å²) < 4.78 is 0. The van der Waals surface area contributed by atoms with Crippen molar-refractivity contribution >= 4 is 0 Å². The Bertz CT molecular complexity index is 435. The highest BCUT2D eigenvalue weighted by atomic mass is 14.9. The van der Waals surface area contributed by atoms with Crippen LogP contribution in [0.15, 0.2) is 24.4 Å². The van der Waals surface area contributed by atoms with E-state index >= 15 is 0 Å². The first-order chi connectivity index (χ1) is 6.65. The van der Waals surface area contributed by atoms with Gasteiger partial charge in [0.2, 0.25) is 0 Å². The molecule has 0 bridgehead atoms. The molecule has 1 heterocycles. The van der Waals surface area contributed by atoms with Crippen LogP contribution in [0.5, 0.6) is 0 Å². The predicted molar refractivity (Wildman–Crippen MR) is 58.2 cm³/mol. The standard InChI is InChI=1S/C12H14N2/c1-8-4-9(2)6-11(5-8)12-13-7-10(3)14-12/h4-7H,1-3H3,(H,13,14). The zero-order valence-electron chi connectivity index (χ0n) is 8.76. The minimum absolute atomic E-state index is 0.953. The number of nitrogens with one attached hydrogen (secondary N) is 1. The number of hydrogen-bond acceptors (Lipinski definition) is 1. The molecule has 0 saturated carbocycles. The summed E-state index contributed by atoms with van der Waals surface area (Å²) in [5.74, 6) is 0.953. The van der Waals surface area contributed by atoms with Gasteiger partial charge in [-0.05, 0) is 32.9 Å². The maximum absolute atomic E-state index is 4.31. The number of imidazole rings is 1. The Kier molecular flexibility index (Phi) is 2.12. The van der Waals surface area contributed by atoms with Crippen LogP contribution in [0.2, 0.25) is 0 Å². The lowest BCUT2D eigenvalue weighted by Gasteiger charge is -2.01. The molecule has 1 aromatic heterocycles. The van der Waals surface area contributed by atoms with Gasteiger partial charge in [0.15, 0.2) is 0 Å². The topological polar surface area (TPSA) is 28.7 Å². The lowest BCUT2D eigenvalue weighted by molar-refractivity contribution is 1.24. The van der Waals surface area contributed by atoms with Crippen LogP contribution >= 0.6 is 0 Å². The van der Waals surface area contributed by atoms with E-state index in [1.165, 1.54) is 11.1 Å². The fraction of sp³-hybridized carbons (Fsp3) is 0.250. The Labute approximate surface area is 84.0 Å². The van der Waals surface area contributed by atoms with Gasteiger partial charge in [0.05, 0.1) is 0 Å². The molecular weight excluding hydrogens is 172 g/mol. The first-order valence-electron chi connectivity index (χ1n) is 4.75. The van der Waals surface area contributed by atoms with Gasteiger partial charge in [0.25, 0.3) is 0 Å². The maximum Gasteiger partial charge on any atom is 0.137 e. The van der Waals surface area contributed by atoms with Crippen molar-refractivity contribution in [2.75, 3.05) is 0 Å². The number of aryl methyl sites for hydroxylation is 3. The monoisotopic (exact) mass is 186 g/mol. The lowest BCUT2D eigenvalue weighted by Crippen LogP contribution is -1.84. The highest BCUT2D eigenvalue weighted by Gasteiger charge is 2.02. The highest BCUT2D eigenvalue weighted by molar-refractivity contribution is 5.57. The highest BCUT2D eigenvalue weighted by Crippen LogP contribution is 2.18. The Balaban J connectivity index is 2.51. The maximum atomic E-state index is 4.31. The number of rotatable bonds is 1. The van der Waals surface area contributed by atoms with Crippen LogP contribution in [-0.2, 0) is 0 Å². The van der Waals surface area contributed by atoms with E-state index in [1.807, 2.05) is 13.1 Å². The summed E-state index contributed by atoms with van der Waals surface area (Å²) in [5, 5.41) is 0. The van der Waals surface area contributed by atoms with Crippen molar-refractivity contribution in [3.8, 4) is 11.4 Å². The molecule has 14 heavy (non-hydrogen) atoms. The molecule has 1 N–H and O–H groups in total. The first kappa shape index (κ1) is 9.00. The molecule has 0 aliphatic heterocycles. The summed E-state index contributed by atoms with van der Waals surface area (Å²) in [4.78, 5) is 7.55. The molecular formula is C12H14N2. The smallest absolute Gasteiger partial charge is 0.137 e. The molecule has 72 valence electrons. The van der Waals surface area contributed by atoms with Crippen LogP contribution in [0.4, 0.5) is 0 Å². The van der Waals surface area contributed by atoms with Gasteiger partial charge in [-0.25, -0.2) is 4.98 Å². The molecule has 2 heteroatoms. The summed E-state index contributed by atoms with van der Waals surface area (Å²) in [5.41, 5.74) is 4.80. The minimum Gasteiger partial charge on any atom is -0.342 e. The van der Waals surface area contributed by atoms with Gasteiger partial charge in [-0.15, -0.1) is 0 Å². The molecule has 0 aliphatic rings. The van der Waals surface area contributed by atoms with Gasteiger partial charge in [-0.2, -0.15) is 0 Å². The van der Waals surface area contributed by atoms with Crippen molar-refractivity contribution in [3.63, 3.8) is 0 Å². The zero-order valence-corrected chi connectivity index (χ0v) is 8.76. The first-order valence-corrected chi connectivity index (χ1v) is 4.75. The number of benzene rings is 1. The third kappa shape index (κ3) is 1.69. The van der Waals surface area contributed by atoms with Crippen LogP contribution < -0.4 is 0 Å². The molecule has 0 aliphatic carbocycles. The molecule has 0 fully saturated rings. The molecule has 1 aromatic carbocycles. The number of hydrogen-bond donors (Lipinski definition) is 1. The van der Waals surface area contributed by atoms with Gasteiger partial charge >= 0.3 is 0 Å². The summed E-state index contributed by atoms with van der Waals surface area (Å²) >= 11 is 0. The van der Waals surface area contributed by atoms with Crippen LogP contribution in [0.1, 0.15) is 16.8 Å². The van der Waals surface area contributed by atoms with Gasteiger partial charge in [-0.1, -0.05) is 17.2 Å². The number of aromatic amines is 1. The van der Waals surface area contributed by atoms with E-state index in [9.17, 15) is 0 Å². The molecule has 0 unspecified atom stereocenters. The van der Waals surface area contributed by atoms with Gasteiger partial charge in [0.1, 0.15) is 5.82 Å². The van der Waals surface area contributed by atoms with Crippen molar-refractivity contribution in [1.82, 2.24) is 9.97 Å². The second kappa shape index (κ2) is 3.29. The molecule has 2 rings (SSSR count). The van der Waals surface area contributed by atoms with E-state index in [1.54, 1.807) is 0 Å². The Hall–Kier alpha value is -1.57. The molecule has 0 radical (unpaired) electrons. The van der Waals surface area contributed by atoms with Crippen LogP contribution in [-0.4, -0.2) is 9.97 Å². The minimum atomic E-state index is 0.953. The SMILES string of the molecule is Cc1cc(C)cc(-c2ncc(C)[nH]2)c1. The Morgan fingerprint density at radius 3 is 2.14 bits per heavy atom. The van der Waals surface area contributed by atoms with Crippen LogP contribution in [0.25, 0.3) is 11.4 Å². The van der Waals surface area contributed by atoms with Gasteiger partial charge in [-0.3, -0.25) is 0 Å². The van der Waals surface area contributed by atoms with Gasteiger partial charge < -0.3 is 4.98 Å². The molecule has 2 aromatic rings. The van der Waals surface area contributed by atoms with Crippen LogP contribution in [0, 0.1) is 20.8 Å². The second-order valence-corrected chi connectivity index (χ2v) is 3.79. The third-order valence-electron chi connectivity index (χ3n) is 2.20. The molecule has 0 amide bonds. The predicted octanol–water partition coefficient (Wildman–Crippen LogP) is 3.00. The molecule has 0 saturated heterocycles. The summed E-state index contributed by atoms with van der Waals surface area (Å²) in [7, 11) is 0. The lowest BCUT2D eigenvalue weighted by atomic mass is 10.1. The van der Waals surface area contributed by atoms with E-state index in [2.05, 4.69) is 42.0 Å². The normalized spacial score (nSPS) is 10.5. The zero-order chi connectivity index (χ0) is 10.1. The third-order valence-corrected chi connectivity index (χ3v) is 2.20. The van der Waals surface area contributed by atoms with E-state index in [-0.39, 0.29) is 0 Å².